The summed E-state index contributed by atoms with van der Waals surface area (Å²) in [7, 11) is 1.85. The average Bonchev–Trinajstić information content (AvgIpc) is 2.05. The highest BCUT2D eigenvalue weighted by atomic mass is 32.2. The molecule has 0 fully saturated rings. The molecule has 0 aliphatic heterocycles. The minimum Gasteiger partial charge on any atom is -0.290 e. The van der Waals surface area contributed by atoms with Crippen LogP contribution in [0.5, 0.6) is 0 Å². The Hall–Kier alpha value is -0.180. The smallest absolute Gasteiger partial charge is 0.232 e. The van der Waals surface area contributed by atoms with Crippen LogP contribution < -0.4 is 0 Å². The molecular formula is C9H19NOS. The summed E-state index contributed by atoms with van der Waals surface area (Å²) < 4.78 is 1.75. The Morgan fingerprint density at radius 1 is 1.33 bits per heavy atom. The average molecular weight is 189 g/mol. The van der Waals surface area contributed by atoms with E-state index in [1.165, 1.54) is 6.42 Å². The van der Waals surface area contributed by atoms with Crippen LogP contribution in [0.3, 0.4) is 0 Å². The van der Waals surface area contributed by atoms with Crippen LogP contribution in [0.15, 0.2) is 0 Å². The van der Waals surface area contributed by atoms with E-state index in [0.717, 1.165) is 18.6 Å². The maximum atomic E-state index is 11.3. The quantitative estimate of drug-likeness (QED) is 0.473. The molecule has 0 atom stereocenters. The number of hydrogen-bond acceptors (Lipinski definition) is 2. The number of amides is 1. The van der Waals surface area contributed by atoms with Gasteiger partial charge in [-0.15, -0.1) is 0 Å². The SMILES string of the molecule is CCCCCC(=O)N(C)SCC. The fourth-order valence-electron chi connectivity index (χ4n) is 0.949. The number of carbonyl (C=O) groups is 1. The fourth-order valence-corrected chi connectivity index (χ4v) is 1.57. The van der Waals surface area contributed by atoms with Gasteiger partial charge < -0.3 is 0 Å². The van der Waals surface area contributed by atoms with Crippen LogP contribution in [0.25, 0.3) is 0 Å². The summed E-state index contributed by atoms with van der Waals surface area (Å²) in [6.07, 6.45) is 4.08. The Kier molecular flexibility index (Phi) is 7.36. The lowest BCUT2D eigenvalue weighted by Crippen LogP contribution is -2.19. The van der Waals surface area contributed by atoms with E-state index in [4.69, 9.17) is 0 Å². The number of nitrogens with zero attached hydrogens (tertiary/aromatic N) is 1. The highest BCUT2D eigenvalue weighted by Crippen LogP contribution is 2.09. The Bertz CT molecular complexity index is 128. The molecule has 0 aliphatic carbocycles. The van der Waals surface area contributed by atoms with Crippen LogP contribution in [0.4, 0.5) is 0 Å². The van der Waals surface area contributed by atoms with Gasteiger partial charge in [0, 0.05) is 19.2 Å². The standard InChI is InChI=1S/C9H19NOS/c1-4-6-7-8-9(11)10(3)12-5-2/h4-8H2,1-3H3. The van der Waals surface area contributed by atoms with Gasteiger partial charge in [0.25, 0.3) is 0 Å². The number of unbranched alkanes of at least 4 members (excludes halogenated alkanes) is 2. The lowest BCUT2D eigenvalue weighted by atomic mass is 10.2. The second-order valence-electron chi connectivity index (χ2n) is 2.77. The van der Waals surface area contributed by atoms with Crippen LogP contribution in [0.2, 0.25) is 0 Å². The first-order chi connectivity index (χ1) is 5.72. The summed E-state index contributed by atoms with van der Waals surface area (Å²) in [4.78, 5) is 11.3. The summed E-state index contributed by atoms with van der Waals surface area (Å²) in [5.74, 6) is 1.23. The second-order valence-corrected chi connectivity index (χ2v) is 4.15. The lowest BCUT2D eigenvalue weighted by molar-refractivity contribution is -0.125. The third kappa shape index (κ3) is 5.47. The van der Waals surface area contributed by atoms with Crippen molar-refractivity contribution in [1.29, 1.82) is 0 Å². The minimum absolute atomic E-state index is 0.260. The van der Waals surface area contributed by atoms with Crippen molar-refractivity contribution in [2.75, 3.05) is 12.8 Å². The molecule has 0 saturated heterocycles. The van der Waals surface area contributed by atoms with Gasteiger partial charge >= 0.3 is 0 Å². The van der Waals surface area contributed by atoms with E-state index in [-0.39, 0.29) is 5.91 Å². The maximum Gasteiger partial charge on any atom is 0.232 e. The van der Waals surface area contributed by atoms with Crippen molar-refractivity contribution >= 4 is 17.9 Å². The molecule has 0 aromatic rings. The predicted molar refractivity (Wildman–Crippen MR) is 55.0 cm³/mol. The van der Waals surface area contributed by atoms with Crippen LogP contribution in [0, 0.1) is 0 Å². The molecule has 0 radical (unpaired) electrons. The van der Waals surface area contributed by atoms with E-state index >= 15 is 0 Å². The molecule has 0 unspecified atom stereocenters. The molecule has 2 nitrogen and oxygen atoms in total. The van der Waals surface area contributed by atoms with Crippen molar-refractivity contribution in [3.05, 3.63) is 0 Å². The predicted octanol–water partition coefficient (Wildman–Crippen LogP) is 2.69. The molecular weight excluding hydrogens is 170 g/mol. The van der Waals surface area contributed by atoms with Crippen molar-refractivity contribution in [3.63, 3.8) is 0 Å². The fraction of sp³-hybridized carbons (Fsp3) is 0.889. The van der Waals surface area contributed by atoms with Crippen molar-refractivity contribution in [3.8, 4) is 0 Å². The van der Waals surface area contributed by atoms with E-state index < -0.39 is 0 Å². The van der Waals surface area contributed by atoms with Gasteiger partial charge in [-0.3, -0.25) is 9.10 Å². The van der Waals surface area contributed by atoms with Crippen LogP contribution in [-0.4, -0.2) is 23.0 Å². The van der Waals surface area contributed by atoms with Gasteiger partial charge in [0.2, 0.25) is 5.91 Å². The Morgan fingerprint density at radius 3 is 2.50 bits per heavy atom. The molecule has 0 heterocycles. The summed E-state index contributed by atoms with van der Waals surface area (Å²) in [6.45, 7) is 4.20. The summed E-state index contributed by atoms with van der Waals surface area (Å²) in [5.41, 5.74) is 0. The molecule has 0 rings (SSSR count). The van der Waals surface area contributed by atoms with Gasteiger partial charge in [0.05, 0.1) is 0 Å². The summed E-state index contributed by atoms with van der Waals surface area (Å²) in [5, 5.41) is 0. The van der Waals surface area contributed by atoms with E-state index in [0.29, 0.717) is 6.42 Å². The number of hydrogen-bond donors (Lipinski definition) is 0. The summed E-state index contributed by atoms with van der Waals surface area (Å²) >= 11 is 1.58. The van der Waals surface area contributed by atoms with Crippen LogP contribution >= 0.6 is 11.9 Å². The molecule has 0 bridgehead atoms. The largest absolute Gasteiger partial charge is 0.290 e. The first kappa shape index (κ1) is 11.8. The van der Waals surface area contributed by atoms with Gasteiger partial charge in [-0.2, -0.15) is 0 Å². The Balaban J connectivity index is 3.43. The molecule has 72 valence electrons. The maximum absolute atomic E-state index is 11.3. The second kappa shape index (κ2) is 7.47. The van der Waals surface area contributed by atoms with Crippen LogP contribution in [-0.2, 0) is 4.79 Å². The van der Waals surface area contributed by atoms with E-state index in [2.05, 4.69) is 13.8 Å². The van der Waals surface area contributed by atoms with Crippen molar-refractivity contribution in [2.45, 2.75) is 39.5 Å². The molecule has 0 aromatic heterocycles. The Morgan fingerprint density at radius 2 is 2.00 bits per heavy atom. The first-order valence-electron chi connectivity index (χ1n) is 4.61. The van der Waals surface area contributed by atoms with Gasteiger partial charge in [0.1, 0.15) is 0 Å². The number of rotatable bonds is 6. The molecule has 1 amide bonds. The third-order valence-corrected chi connectivity index (χ3v) is 2.52. The topological polar surface area (TPSA) is 20.3 Å². The number of carbonyl (C=O) groups excluding carboxylic acids is 1. The van der Waals surface area contributed by atoms with Crippen LogP contribution in [0.1, 0.15) is 39.5 Å². The normalized spacial score (nSPS) is 9.92. The van der Waals surface area contributed by atoms with Crippen molar-refractivity contribution < 1.29 is 4.79 Å². The van der Waals surface area contributed by atoms with E-state index in [1.54, 1.807) is 16.3 Å². The molecule has 0 N–H and O–H groups in total. The Labute approximate surface area is 79.8 Å². The zero-order valence-electron chi connectivity index (χ0n) is 8.30. The highest BCUT2D eigenvalue weighted by Gasteiger charge is 2.06. The van der Waals surface area contributed by atoms with Gasteiger partial charge in [-0.1, -0.05) is 26.7 Å². The van der Waals surface area contributed by atoms with Gasteiger partial charge in [-0.25, -0.2) is 0 Å². The minimum atomic E-state index is 0.260. The monoisotopic (exact) mass is 189 g/mol. The van der Waals surface area contributed by atoms with Crippen molar-refractivity contribution in [2.24, 2.45) is 0 Å². The molecule has 0 spiro atoms. The third-order valence-electron chi connectivity index (χ3n) is 1.67. The zero-order chi connectivity index (χ0) is 9.40. The molecule has 0 aliphatic rings. The van der Waals surface area contributed by atoms with Gasteiger partial charge in [-0.05, 0) is 18.4 Å². The highest BCUT2D eigenvalue weighted by molar-refractivity contribution is 7.97. The van der Waals surface area contributed by atoms with E-state index in [9.17, 15) is 4.79 Å². The van der Waals surface area contributed by atoms with E-state index in [1.807, 2.05) is 7.05 Å². The molecule has 12 heavy (non-hydrogen) atoms. The molecule has 0 aromatic carbocycles. The van der Waals surface area contributed by atoms with Gasteiger partial charge in [0.15, 0.2) is 0 Å². The first-order valence-corrected chi connectivity index (χ1v) is 5.56. The molecule has 3 heteroatoms. The summed E-state index contributed by atoms with van der Waals surface area (Å²) in [6, 6.07) is 0. The zero-order valence-corrected chi connectivity index (χ0v) is 9.12. The lowest BCUT2D eigenvalue weighted by Gasteiger charge is -2.13. The van der Waals surface area contributed by atoms with Crippen molar-refractivity contribution in [1.82, 2.24) is 4.31 Å². The molecule has 0 saturated carbocycles.